The van der Waals surface area contributed by atoms with Gasteiger partial charge in [0.05, 0.1) is 0 Å². The van der Waals surface area contributed by atoms with Crippen LogP contribution in [0, 0.1) is 5.41 Å². The summed E-state index contributed by atoms with van der Waals surface area (Å²) in [7, 11) is 0. The van der Waals surface area contributed by atoms with Crippen molar-refractivity contribution in [2.45, 2.75) is 69.2 Å². The molecule has 2 heteroatoms. The van der Waals surface area contributed by atoms with Gasteiger partial charge in [0.1, 0.15) is 0 Å². The molecule has 0 saturated heterocycles. The summed E-state index contributed by atoms with van der Waals surface area (Å²) in [5.41, 5.74) is 2.54. The van der Waals surface area contributed by atoms with E-state index in [1.54, 1.807) is 0 Å². The quantitative estimate of drug-likeness (QED) is 0.899. The third-order valence-electron chi connectivity index (χ3n) is 5.92. The molecule has 1 N–H and O–H groups in total. The number of pyridine rings is 1. The molecule has 1 aromatic heterocycles. The van der Waals surface area contributed by atoms with E-state index in [1.165, 1.54) is 69.9 Å². The van der Waals surface area contributed by atoms with E-state index in [0.29, 0.717) is 10.8 Å². The molecule has 0 aliphatic heterocycles. The first-order valence-corrected chi connectivity index (χ1v) is 8.44. The molecule has 4 rings (SSSR count). The van der Waals surface area contributed by atoms with Gasteiger partial charge in [0, 0.05) is 30.4 Å². The van der Waals surface area contributed by atoms with Crippen molar-refractivity contribution < 1.29 is 0 Å². The lowest BCUT2D eigenvalue weighted by Crippen LogP contribution is -2.55. The molecule has 0 amide bonds. The second-order valence-corrected chi connectivity index (χ2v) is 7.59. The van der Waals surface area contributed by atoms with E-state index >= 15 is 0 Å². The molecule has 20 heavy (non-hydrogen) atoms. The SMILES string of the molecule is c1cncc(C2(CNC3CC3)CC3(CCCCC3)C2)c1. The molecule has 0 atom stereocenters. The molecule has 1 heterocycles. The summed E-state index contributed by atoms with van der Waals surface area (Å²) >= 11 is 0. The lowest BCUT2D eigenvalue weighted by molar-refractivity contribution is -0.0131. The first-order chi connectivity index (χ1) is 9.80. The third kappa shape index (κ3) is 2.28. The van der Waals surface area contributed by atoms with Crippen molar-refractivity contribution in [2.24, 2.45) is 5.41 Å². The van der Waals surface area contributed by atoms with E-state index in [-0.39, 0.29) is 0 Å². The van der Waals surface area contributed by atoms with Crippen LogP contribution in [0.3, 0.4) is 0 Å². The summed E-state index contributed by atoms with van der Waals surface area (Å²) in [5.74, 6) is 0. The zero-order chi connectivity index (χ0) is 13.5. The molecule has 2 nitrogen and oxygen atoms in total. The van der Waals surface area contributed by atoms with E-state index in [2.05, 4.69) is 28.6 Å². The Morgan fingerprint density at radius 2 is 1.95 bits per heavy atom. The predicted octanol–water partition coefficient (Wildman–Crippen LogP) is 3.82. The highest BCUT2D eigenvalue weighted by atomic mass is 15.0. The van der Waals surface area contributed by atoms with Crippen LogP contribution in [0.15, 0.2) is 24.5 Å². The Morgan fingerprint density at radius 3 is 2.60 bits per heavy atom. The van der Waals surface area contributed by atoms with Crippen molar-refractivity contribution in [1.29, 1.82) is 0 Å². The molecule has 3 aliphatic rings. The molecule has 108 valence electrons. The Bertz CT molecular complexity index is 450. The highest BCUT2D eigenvalue weighted by Gasteiger charge is 2.55. The maximum atomic E-state index is 4.38. The van der Waals surface area contributed by atoms with Crippen molar-refractivity contribution in [1.82, 2.24) is 10.3 Å². The Labute approximate surface area is 122 Å². The van der Waals surface area contributed by atoms with Gasteiger partial charge in [-0.15, -0.1) is 0 Å². The van der Waals surface area contributed by atoms with Gasteiger partial charge in [0.25, 0.3) is 0 Å². The van der Waals surface area contributed by atoms with Crippen molar-refractivity contribution in [3.05, 3.63) is 30.1 Å². The Morgan fingerprint density at radius 1 is 1.15 bits per heavy atom. The fourth-order valence-corrected chi connectivity index (χ4v) is 4.77. The first-order valence-electron chi connectivity index (χ1n) is 8.44. The van der Waals surface area contributed by atoms with Gasteiger partial charge in [-0.05, 0) is 55.6 Å². The van der Waals surface area contributed by atoms with E-state index in [4.69, 9.17) is 0 Å². The van der Waals surface area contributed by atoms with E-state index < -0.39 is 0 Å². The fourth-order valence-electron chi connectivity index (χ4n) is 4.77. The third-order valence-corrected chi connectivity index (χ3v) is 5.92. The van der Waals surface area contributed by atoms with E-state index in [0.717, 1.165) is 6.04 Å². The zero-order valence-electron chi connectivity index (χ0n) is 12.4. The second-order valence-electron chi connectivity index (χ2n) is 7.59. The minimum Gasteiger partial charge on any atom is -0.313 e. The van der Waals surface area contributed by atoms with Crippen molar-refractivity contribution >= 4 is 0 Å². The normalized spacial score (nSPS) is 27.2. The molecule has 0 bridgehead atoms. The fraction of sp³-hybridized carbons (Fsp3) is 0.722. The smallest absolute Gasteiger partial charge is 0.0306 e. The van der Waals surface area contributed by atoms with Crippen LogP contribution >= 0.6 is 0 Å². The van der Waals surface area contributed by atoms with Gasteiger partial charge in [0.2, 0.25) is 0 Å². The average molecular weight is 270 g/mol. The lowest BCUT2D eigenvalue weighted by Gasteiger charge is -2.59. The second kappa shape index (κ2) is 4.84. The summed E-state index contributed by atoms with van der Waals surface area (Å²) in [5, 5.41) is 3.79. The van der Waals surface area contributed by atoms with Gasteiger partial charge in [-0.25, -0.2) is 0 Å². The number of hydrogen-bond acceptors (Lipinski definition) is 2. The first kappa shape index (κ1) is 12.8. The highest BCUT2D eigenvalue weighted by molar-refractivity contribution is 5.29. The molecule has 1 spiro atoms. The summed E-state index contributed by atoms with van der Waals surface area (Å²) < 4.78 is 0. The molecule has 3 fully saturated rings. The molecule has 0 radical (unpaired) electrons. The standard InChI is InChI=1S/C18H26N2/c1-2-8-17(9-3-1)12-18(13-17,14-20-16-6-7-16)15-5-4-10-19-11-15/h4-5,10-11,16,20H,1-3,6-9,12-14H2. The number of rotatable bonds is 4. The average Bonchev–Trinajstić information content (AvgIpc) is 3.29. The number of nitrogens with one attached hydrogen (secondary N) is 1. The van der Waals surface area contributed by atoms with Crippen LogP contribution in [-0.2, 0) is 5.41 Å². The van der Waals surface area contributed by atoms with Crippen LogP contribution in [-0.4, -0.2) is 17.6 Å². The van der Waals surface area contributed by atoms with Crippen LogP contribution in [0.5, 0.6) is 0 Å². The minimum atomic E-state index is 0.383. The molecule has 0 aromatic carbocycles. The largest absolute Gasteiger partial charge is 0.313 e. The van der Waals surface area contributed by atoms with Gasteiger partial charge in [0.15, 0.2) is 0 Å². The summed E-state index contributed by atoms with van der Waals surface area (Å²) in [6.07, 6.45) is 16.9. The maximum absolute atomic E-state index is 4.38. The molecule has 1 aromatic rings. The molecule has 0 unspecified atom stereocenters. The van der Waals surface area contributed by atoms with Crippen LogP contribution in [0.25, 0.3) is 0 Å². The van der Waals surface area contributed by atoms with Crippen molar-refractivity contribution in [2.75, 3.05) is 6.54 Å². The van der Waals surface area contributed by atoms with Crippen LogP contribution in [0.1, 0.15) is 63.4 Å². The van der Waals surface area contributed by atoms with Gasteiger partial charge in [-0.2, -0.15) is 0 Å². The van der Waals surface area contributed by atoms with E-state index in [1.807, 2.05) is 6.20 Å². The minimum absolute atomic E-state index is 0.383. The highest BCUT2D eigenvalue weighted by Crippen LogP contribution is 2.61. The zero-order valence-corrected chi connectivity index (χ0v) is 12.4. The van der Waals surface area contributed by atoms with Gasteiger partial charge < -0.3 is 5.32 Å². The monoisotopic (exact) mass is 270 g/mol. The van der Waals surface area contributed by atoms with Gasteiger partial charge in [-0.1, -0.05) is 25.3 Å². The van der Waals surface area contributed by atoms with Gasteiger partial charge >= 0.3 is 0 Å². The number of aromatic nitrogens is 1. The number of nitrogens with zero attached hydrogens (tertiary/aromatic N) is 1. The molecular weight excluding hydrogens is 244 g/mol. The Kier molecular flexibility index (Phi) is 3.10. The molecular formula is C18H26N2. The van der Waals surface area contributed by atoms with Crippen molar-refractivity contribution in [3.63, 3.8) is 0 Å². The Hall–Kier alpha value is -0.890. The summed E-state index contributed by atoms with van der Waals surface area (Å²) in [6.45, 7) is 1.17. The molecule has 3 aliphatic carbocycles. The molecule has 3 saturated carbocycles. The Balaban J connectivity index is 1.52. The van der Waals surface area contributed by atoms with Gasteiger partial charge in [-0.3, -0.25) is 4.98 Å². The van der Waals surface area contributed by atoms with E-state index in [9.17, 15) is 0 Å². The topological polar surface area (TPSA) is 24.9 Å². The van der Waals surface area contributed by atoms with Crippen LogP contribution < -0.4 is 5.32 Å². The number of hydrogen-bond donors (Lipinski definition) is 1. The van der Waals surface area contributed by atoms with Crippen LogP contribution in [0.2, 0.25) is 0 Å². The predicted molar refractivity (Wildman–Crippen MR) is 81.7 cm³/mol. The van der Waals surface area contributed by atoms with Crippen LogP contribution in [0.4, 0.5) is 0 Å². The van der Waals surface area contributed by atoms with Crippen molar-refractivity contribution in [3.8, 4) is 0 Å². The summed E-state index contributed by atoms with van der Waals surface area (Å²) in [6, 6.07) is 5.23. The summed E-state index contributed by atoms with van der Waals surface area (Å²) in [4.78, 5) is 4.38. The maximum Gasteiger partial charge on any atom is 0.0306 e. The lowest BCUT2D eigenvalue weighted by atomic mass is 9.47.